The molecule has 0 aliphatic heterocycles. The van der Waals surface area contributed by atoms with Crippen molar-refractivity contribution in [1.82, 2.24) is 0 Å². The Morgan fingerprint density at radius 3 is 0.893 bits per heavy atom. The van der Waals surface area contributed by atoms with Gasteiger partial charge in [-0.05, 0) is 12.5 Å². The zero-order valence-corrected chi connectivity index (χ0v) is 17.1. The molecule has 0 bridgehead atoms. The van der Waals surface area contributed by atoms with Crippen molar-refractivity contribution in [1.29, 1.82) is 0 Å². The zero-order chi connectivity index (χ0) is 23.6. The average Bonchev–Trinajstić information content (AvgIpc) is 2.68. The number of carbonyl (C=O) groups excluding carboxylic acids is 2. The molecule has 0 spiro atoms. The molecular formula is C17H31ClO10-2. The third kappa shape index (κ3) is 22.5. The summed E-state index contributed by atoms with van der Waals surface area (Å²) in [6.45, 7) is 9.46. The van der Waals surface area contributed by atoms with Crippen molar-refractivity contribution in [2.75, 3.05) is 39.6 Å². The van der Waals surface area contributed by atoms with Crippen LogP contribution < -0.4 is 10.2 Å². The van der Waals surface area contributed by atoms with Crippen molar-refractivity contribution in [2.24, 2.45) is 10.8 Å². The summed E-state index contributed by atoms with van der Waals surface area (Å²) in [5.41, 5.74) is -1.35. The normalized spacial score (nSPS) is 10.1. The highest BCUT2D eigenvalue weighted by molar-refractivity contribution is 6.40. The Morgan fingerprint density at radius 1 is 0.750 bits per heavy atom. The lowest BCUT2D eigenvalue weighted by Crippen LogP contribution is -2.29. The molecule has 0 aliphatic carbocycles. The third-order valence-electron chi connectivity index (χ3n) is 2.86. The molecule has 0 saturated carbocycles. The van der Waals surface area contributed by atoms with Crippen LogP contribution >= 0.6 is 11.6 Å². The fourth-order valence-electron chi connectivity index (χ4n) is 0.300. The van der Waals surface area contributed by atoms with Crippen LogP contribution in [0.4, 0.5) is 0 Å². The third-order valence-corrected chi connectivity index (χ3v) is 3.01. The van der Waals surface area contributed by atoms with E-state index in [4.69, 9.17) is 42.2 Å². The van der Waals surface area contributed by atoms with Gasteiger partial charge in [0.15, 0.2) is 0 Å². The van der Waals surface area contributed by atoms with Gasteiger partial charge in [0.05, 0.1) is 56.6 Å². The predicted molar refractivity (Wildman–Crippen MR) is 98.5 cm³/mol. The maximum atomic E-state index is 9.49. The van der Waals surface area contributed by atoms with Gasteiger partial charge in [-0.25, -0.2) is 0 Å². The summed E-state index contributed by atoms with van der Waals surface area (Å²) in [6.07, 6.45) is 0. The SMILES string of the molecule is C=C(C)C(=O)[O-].C=C(Cl)C(=O)[O-].CC(CO)(CO)CO.CC(CO)(CO)CO. The number of rotatable bonds is 8. The van der Waals surface area contributed by atoms with Gasteiger partial charge in [0.1, 0.15) is 0 Å². The first-order chi connectivity index (χ1) is 12.6. The summed E-state index contributed by atoms with van der Waals surface area (Å²) in [5.74, 6) is -2.60. The monoisotopic (exact) mass is 430 g/mol. The second-order valence-electron chi connectivity index (χ2n) is 6.33. The van der Waals surface area contributed by atoms with Gasteiger partial charge in [-0.1, -0.05) is 38.6 Å². The van der Waals surface area contributed by atoms with E-state index in [-0.39, 0.29) is 45.2 Å². The molecule has 0 unspecified atom stereocenters. The van der Waals surface area contributed by atoms with Crippen LogP contribution in [0, 0.1) is 10.8 Å². The van der Waals surface area contributed by atoms with Crippen LogP contribution in [-0.4, -0.2) is 82.2 Å². The van der Waals surface area contributed by atoms with Crippen molar-refractivity contribution >= 4 is 23.5 Å². The van der Waals surface area contributed by atoms with Crippen LogP contribution in [0.2, 0.25) is 0 Å². The molecule has 10 nitrogen and oxygen atoms in total. The van der Waals surface area contributed by atoms with Crippen LogP contribution in [0.5, 0.6) is 0 Å². The maximum absolute atomic E-state index is 9.49. The molecule has 6 N–H and O–H groups in total. The number of aliphatic carboxylic acids is 2. The number of hydrogen-bond donors (Lipinski definition) is 6. The number of carbonyl (C=O) groups is 2. The zero-order valence-electron chi connectivity index (χ0n) is 16.4. The molecule has 0 aliphatic rings. The smallest absolute Gasteiger partial charge is 0.0823 e. The minimum atomic E-state index is -1.42. The van der Waals surface area contributed by atoms with Crippen molar-refractivity contribution in [3.05, 3.63) is 23.8 Å². The maximum Gasteiger partial charge on any atom is 0.0823 e. The van der Waals surface area contributed by atoms with Crippen LogP contribution in [0.25, 0.3) is 0 Å². The summed E-state index contributed by atoms with van der Waals surface area (Å²) >= 11 is 4.76. The lowest BCUT2D eigenvalue weighted by molar-refractivity contribution is -0.300. The Bertz CT molecular complexity index is 374. The molecule has 0 rings (SSSR count). The van der Waals surface area contributed by atoms with Crippen LogP contribution in [0.15, 0.2) is 23.8 Å². The number of aliphatic hydroxyl groups excluding tert-OH is 6. The molecule has 0 aromatic heterocycles. The topological polar surface area (TPSA) is 202 Å². The second kappa shape index (κ2) is 18.8. The van der Waals surface area contributed by atoms with E-state index in [2.05, 4.69) is 13.2 Å². The molecule has 28 heavy (non-hydrogen) atoms. The largest absolute Gasteiger partial charge is 0.545 e. The van der Waals surface area contributed by atoms with E-state index in [0.29, 0.717) is 0 Å². The summed E-state index contributed by atoms with van der Waals surface area (Å²) < 4.78 is 0. The highest BCUT2D eigenvalue weighted by Crippen LogP contribution is 2.11. The summed E-state index contributed by atoms with van der Waals surface area (Å²) in [6, 6.07) is 0. The summed E-state index contributed by atoms with van der Waals surface area (Å²) in [5, 5.41) is 69.2. The Morgan fingerprint density at radius 2 is 0.893 bits per heavy atom. The van der Waals surface area contributed by atoms with E-state index in [1.54, 1.807) is 13.8 Å². The average molecular weight is 431 g/mol. The second-order valence-corrected chi connectivity index (χ2v) is 6.79. The Labute approximate surface area is 169 Å². The van der Waals surface area contributed by atoms with E-state index in [0.717, 1.165) is 0 Å². The van der Waals surface area contributed by atoms with Crippen molar-refractivity contribution in [3.8, 4) is 0 Å². The summed E-state index contributed by atoms with van der Waals surface area (Å²) in [4.78, 5) is 18.8. The van der Waals surface area contributed by atoms with Crippen molar-refractivity contribution in [2.45, 2.75) is 20.8 Å². The molecular weight excluding hydrogens is 400 g/mol. The number of halogens is 1. The number of aliphatic hydroxyl groups is 6. The number of carboxylic acids is 2. The summed E-state index contributed by atoms with van der Waals surface area (Å²) in [7, 11) is 0. The Kier molecular flexibility index (Phi) is 22.9. The van der Waals surface area contributed by atoms with Gasteiger partial charge in [-0.2, -0.15) is 0 Å². The number of carboxylic acid groups (broad SMARTS) is 2. The van der Waals surface area contributed by atoms with Crippen molar-refractivity contribution < 1.29 is 50.4 Å². The molecule has 0 amide bonds. The molecule has 0 saturated heterocycles. The lowest BCUT2D eigenvalue weighted by atomic mass is 9.95. The minimum Gasteiger partial charge on any atom is -0.545 e. The van der Waals surface area contributed by atoms with Gasteiger partial charge in [-0.3, -0.25) is 0 Å². The van der Waals surface area contributed by atoms with Gasteiger partial charge in [0.25, 0.3) is 0 Å². The highest BCUT2D eigenvalue weighted by atomic mass is 35.5. The number of hydrogen-bond acceptors (Lipinski definition) is 10. The van der Waals surface area contributed by atoms with Gasteiger partial charge in [0.2, 0.25) is 0 Å². The van der Waals surface area contributed by atoms with E-state index in [1.807, 2.05) is 0 Å². The first-order valence-electron chi connectivity index (χ1n) is 7.73. The Hall–Kier alpha value is -1.53. The van der Waals surface area contributed by atoms with Gasteiger partial charge >= 0.3 is 0 Å². The molecule has 0 heterocycles. The molecule has 0 atom stereocenters. The van der Waals surface area contributed by atoms with E-state index in [9.17, 15) is 19.8 Å². The van der Waals surface area contributed by atoms with Gasteiger partial charge in [-0.15, -0.1) is 0 Å². The predicted octanol–water partition coefficient (Wildman–Crippen LogP) is -3.26. The van der Waals surface area contributed by atoms with Crippen LogP contribution in [0.1, 0.15) is 20.8 Å². The molecule has 168 valence electrons. The van der Waals surface area contributed by atoms with E-state index in [1.165, 1.54) is 6.92 Å². The highest BCUT2D eigenvalue weighted by Gasteiger charge is 2.20. The first-order valence-corrected chi connectivity index (χ1v) is 8.11. The first kappa shape index (κ1) is 34.0. The minimum absolute atomic E-state index is 0.0648. The fourth-order valence-corrected chi connectivity index (χ4v) is 0.300. The van der Waals surface area contributed by atoms with Crippen molar-refractivity contribution in [3.63, 3.8) is 0 Å². The molecule has 0 aromatic carbocycles. The molecule has 0 fully saturated rings. The molecule has 0 aromatic rings. The Balaban J connectivity index is -0.000000139. The quantitative estimate of drug-likeness (QED) is 0.212. The standard InChI is InChI=1S/2C5H12O3.C4H6O2.C3H3ClO2/c2*1-5(2-6,3-7)4-8;1-3(2)4(5)6;1-2(4)3(5)6/h2*6-8H,2-4H2,1H3;1H2,2H3,(H,5,6);1H2,(H,5,6)/p-2. The van der Waals surface area contributed by atoms with Gasteiger partial charge < -0.3 is 50.4 Å². The van der Waals surface area contributed by atoms with Crippen LogP contribution in [-0.2, 0) is 9.59 Å². The van der Waals surface area contributed by atoms with E-state index >= 15 is 0 Å². The molecule has 0 radical (unpaired) electrons. The lowest BCUT2D eigenvalue weighted by Gasteiger charge is -2.20. The molecule has 11 heteroatoms. The van der Waals surface area contributed by atoms with E-state index < -0.39 is 27.8 Å². The van der Waals surface area contributed by atoms with Gasteiger partial charge in [0, 0.05) is 10.8 Å². The van der Waals surface area contributed by atoms with Crippen LogP contribution in [0.3, 0.4) is 0 Å². The fraction of sp³-hybridized carbons (Fsp3) is 0.647.